The molecule has 2 rings (SSSR count). The molecule has 1 aliphatic rings. The topological polar surface area (TPSA) is 87.7 Å². The van der Waals surface area contributed by atoms with Gasteiger partial charge in [0.25, 0.3) is 0 Å². The predicted molar refractivity (Wildman–Crippen MR) is 144 cm³/mol. The lowest BCUT2D eigenvalue weighted by atomic mass is 9.87. The van der Waals surface area contributed by atoms with Crippen LogP contribution in [0.2, 0.25) is 0 Å². The molecule has 36 heavy (non-hydrogen) atoms. The second-order valence-electron chi connectivity index (χ2n) is 12.7. The van der Waals surface area contributed by atoms with Crippen molar-refractivity contribution < 1.29 is 19.1 Å². The molecule has 1 aliphatic carbocycles. The summed E-state index contributed by atoms with van der Waals surface area (Å²) >= 11 is 0. The first-order chi connectivity index (χ1) is 16.5. The number of carbonyl (C=O) groups excluding carboxylic acids is 3. The fraction of sp³-hybridized carbons (Fsp3) is 0.690. The van der Waals surface area contributed by atoms with Crippen LogP contribution in [0.15, 0.2) is 18.2 Å². The summed E-state index contributed by atoms with van der Waals surface area (Å²) in [7, 11) is 0. The summed E-state index contributed by atoms with van der Waals surface area (Å²) in [5, 5.41) is 5.92. The fourth-order valence-corrected chi connectivity index (χ4v) is 4.55. The number of nitrogens with zero attached hydrogens (tertiary/aromatic N) is 1. The average Bonchev–Trinajstić information content (AvgIpc) is 2.60. The first-order valence-corrected chi connectivity index (χ1v) is 13.2. The van der Waals surface area contributed by atoms with Crippen molar-refractivity contribution in [3.05, 3.63) is 34.9 Å². The molecule has 0 radical (unpaired) electrons. The largest absolute Gasteiger partial charge is 0.444 e. The maximum atomic E-state index is 14.2. The molecular formula is C29H47N3O4. The van der Waals surface area contributed by atoms with E-state index in [1.54, 1.807) is 25.7 Å². The molecule has 0 bridgehead atoms. The number of nitrogens with one attached hydrogen (secondary N) is 2. The van der Waals surface area contributed by atoms with Crippen molar-refractivity contribution in [2.75, 3.05) is 0 Å². The van der Waals surface area contributed by atoms with Crippen molar-refractivity contribution in [1.82, 2.24) is 15.5 Å². The molecule has 1 fully saturated rings. The van der Waals surface area contributed by atoms with Gasteiger partial charge in [-0.15, -0.1) is 0 Å². The number of amides is 3. The smallest absolute Gasteiger partial charge is 0.408 e. The van der Waals surface area contributed by atoms with Crippen molar-refractivity contribution in [3.63, 3.8) is 0 Å². The number of carbonyl (C=O) groups is 3. The van der Waals surface area contributed by atoms with E-state index in [1.165, 1.54) is 0 Å². The maximum Gasteiger partial charge on any atom is 0.408 e. The Bertz CT molecular complexity index is 919. The molecule has 0 spiro atoms. The Labute approximate surface area is 217 Å². The van der Waals surface area contributed by atoms with Crippen LogP contribution in [0.1, 0.15) is 104 Å². The van der Waals surface area contributed by atoms with E-state index in [2.05, 4.69) is 16.7 Å². The van der Waals surface area contributed by atoms with Crippen LogP contribution in [0.25, 0.3) is 0 Å². The second kappa shape index (κ2) is 11.7. The van der Waals surface area contributed by atoms with E-state index in [4.69, 9.17) is 4.74 Å². The van der Waals surface area contributed by atoms with Crippen molar-refractivity contribution in [1.29, 1.82) is 0 Å². The number of benzene rings is 1. The van der Waals surface area contributed by atoms with Gasteiger partial charge in [0.2, 0.25) is 11.8 Å². The molecule has 2 atom stereocenters. The van der Waals surface area contributed by atoms with Gasteiger partial charge >= 0.3 is 6.09 Å². The number of rotatable bonds is 8. The van der Waals surface area contributed by atoms with Crippen LogP contribution in [-0.4, -0.2) is 46.0 Å². The minimum absolute atomic E-state index is 0.0656. The molecule has 1 aromatic rings. The Morgan fingerprint density at radius 1 is 1.00 bits per heavy atom. The van der Waals surface area contributed by atoms with Crippen molar-refractivity contribution >= 4 is 17.9 Å². The number of hydrogen-bond acceptors (Lipinski definition) is 4. The molecule has 2 unspecified atom stereocenters. The number of alkyl carbamates (subject to hydrolysis) is 1. The Morgan fingerprint density at radius 3 is 1.97 bits per heavy atom. The minimum atomic E-state index is -0.796. The highest BCUT2D eigenvalue weighted by atomic mass is 16.6. The monoisotopic (exact) mass is 501 g/mol. The van der Waals surface area contributed by atoms with Crippen LogP contribution in [-0.2, 0) is 14.3 Å². The Kier molecular flexibility index (Phi) is 9.60. The van der Waals surface area contributed by atoms with Gasteiger partial charge in [0.15, 0.2) is 0 Å². The van der Waals surface area contributed by atoms with E-state index in [-0.39, 0.29) is 23.8 Å². The normalized spacial score (nSPS) is 16.1. The van der Waals surface area contributed by atoms with E-state index >= 15 is 0 Å². The van der Waals surface area contributed by atoms with Crippen LogP contribution < -0.4 is 10.6 Å². The Morgan fingerprint density at radius 2 is 1.56 bits per heavy atom. The summed E-state index contributed by atoms with van der Waals surface area (Å²) in [4.78, 5) is 42.5. The van der Waals surface area contributed by atoms with Gasteiger partial charge < -0.3 is 20.3 Å². The molecule has 0 aliphatic heterocycles. The Balaban J connectivity index is 2.55. The minimum Gasteiger partial charge on any atom is -0.444 e. The lowest BCUT2D eigenvalue weighted by Crippen LogP contribution is -2.58. The zero-order chi connectivity index (χ0) is 27.4. The van der Waals surface area contributed by atoms with Gasteiger partial charge in [0, 0.05) is 11.6 Å². The average molecular weight is 502 g/mol. The Hall–Kier alpha value is -2.57. The highest BCUT2D eigenvalue weighted by Crippen LogP contribution is 2.35. The van der Waals surface area contributed by atoms with E-state index in [0.717, 1.165) is 36.0 Å². The number of aryl methyl sites for hydroxylation is 2. The molecule has 202 valence electrons. The van der Waals surface area contributed by atoms with Crippen LogP contribution in [0.4, 0.5) is 4.79 Å². The SMILES string of the molecule is Cc1cc(C)cc(C(C(=O)NC(C)(C)C)N(C(=O)C(CC(C)C)NC(=O)OC(C)(C)C)C2CCC2)c1. The summed E-state index contributed by atoms with van der Waals surface area (Å²) in [5.41, 5.74) is 1.71. The molecule has 7 heteroatoms. The first-order valence-electron chi connectivity index (χ1n) is 13.2. The van der Waals surface area contributed by atoms with Crippen molar-refractivity contribution in [3.8, 4) is 0 Å². The molecular weight excluding hydrogens is 454 g/mol. The summed E-state index contributed by atoms with van der Waals surface area (Å²) in [5.74, 6) is -0.305. The van der Waals surface area contributed by atoms with E-state index in [1.807, 2.05) is 60.6 Å². The van der Waals surface area contributed by atoms with Crippen LogP contribution in [0.5, 0.6) is 0 Å². The molecule has 0 aromatic heterocycles. The summed E-state index contributed by atoms with van der Waals surface area (Å²) in [6.07, 6.45) is 2.48. The van der Waals surface area contributed by atoms with E-state index < -0.39 is 29.3 Å². The summed E-state index contributed by atoms with van der Waals surface area (Å²) in [6, 6.07) is 4.37. The quantitative estimate of drug-likeness (QED) is 0.487. The predicted octanol–water partition coefficient (Wildman–Crippen LogP) is 5.58. The maximum absolute atomic E-state index is 14.2. The van der Waals surface area contributed by atoms with Gasteiger partial charge in [0.1, 0.15) is 17.7 Å². The fourth-order valence-electron chi connectivity index (χ4n) is 4.55. The summed E-state index contributed by atoms with van der Waals surface area (Å²) in [6.45, 7) is 19.2. The van der Waals surface area contributed by atoms with Gasteiger partial charge in [-0.25, -0.2) is 4.79 Å². The van der Waals surface area contributed by atoms with Gasteiger partial charge in [0.05, 0.1) is 0 Å². The van der Waals surface area contributed by atoms with Gasteiger partial charge in [-0.2, -0.15) is 0 Å². The lowest BCUT2D eigenvalue weighted by Gasteiger charge is -2.44. The standard InChI is InChI=1S/C29H47N3O4/c1-18(2)14-23(30-27(35)36-29(8,9)10)26(34)32(22-12-11-13-22)24(25(33)31-28(5,6)7)21-16-19(3)15-20(4)17-21/h15-18,22-24H,11-14H2,1-10H3,(H,30,35)(H,31,33). The van der Waals surface area contributed by atoms with Crippen LogP contribution >= 0.6 is 0 Å². The molecule has 3 amide bonds. The zero-order valence-electron chi connectivity index (χ0n) is 24.0. The van der Waals surface area contributed by atoms with Crippen molar-refractivity contribution in [2.45, 2.75) is 124 Å². The highest BCUT2D eigenvalue weighted by molar-refractivity contribution is 5.92. The lowest BCUT2D eigenvalue weighted by molar-refractivity contribution is -0.148. The van der Waals surface area contributed by atoms with Crippen LogP contribution in [0, 0.1) is 19.8 Å². The van der Waals surface area contributed by atoms with Gasteiger partial charge in [-0.05, 0) is 92.6 Å². The van der Waals surface area contributed by atoms with Crippen molar-refractivity contribution in [2.24, 2.45) is 5.92 Å². The molecule has 7 nitrogen and oxygen atoms in total. The third kappa shape index (κ3) is 8.82. The first kappa shape index (κ1) is 29.7. The summed E-state index contributed by atoms with van der Waals surface area (Å²) < 4.78 is 5.47. The van der Waals surface area contributed by atoms with Gasteiger partial charge in [-0.3, -0.25) is 9.59 Å². The number of hydrogen-bond donors (Lipinski definition) is 2. The third-order valence-electron chi connectivity index (χ3n) is 6.00. The second-order valence-corrected chi connectivity index (χ2v) is 12.7. The van der Waals surface area contributed by atoms with Crippen LogP contribution in [0.3, 0.4) is 0 Å². The molecule has 1 aromatic carbocycles. The zero-order valence-corrected chi connectivity index (χ0v) is 24.0. The van der Waals surface area contributed by atoms with E-state index in [9.17, 15) is 14.4 Å². The third-order valence-corrected chi connectivity index (χ3v) is 6.00. The van der Waals surface area contributed by atoms with E-state index in [0.29, 0.717) is 6.42 Å². The molecule has 0 saturated heterocycles. The molecule has 1 saturated carbocycles. The molecule has 0 heterocycles. The molecule has 2 N–H and O–H groups in total. The van der Waals surface area contributed by atoms with Gasteiger partial charge in [-0.1, -0.05) is 43.2 Å². The highest BCUT2D eigenvalue weighted by Gasteiger charge is 2.42. The number of ether oxygens (including phenoxy) is 1.